The molecule has 18 heavy (non-hydrogen) atoms. The average molecular weight is 282 g/mol. The van der Waals surface area contributed by atoms with Crippen LogP contribution in [0.2, 0.25) is 5.02 Å². The van der Waals surface area contributed by atoms with Gasteiger partial charge in [-0.05, 0) is 37.6 Å². The lowest BCUT2D eigenvalue weighted by Crippen LogP contribution is -1.94. The topological polar surface area (TPSA) is 22.1 Å². The molecule has 0 spiro atoms. The van der Waals surface area contributed by atoms with Crippen molar-refractivity contribution >= 4 is 23.2 Å². The highest BCUT2D eigenvalue weighted by Crippen LogP contribution is 2.30. The number of hydrogen-bond donors (Lipinski definition) is 0. The highest BCUT2D eigenvalue weighted by Gasteiger charge is 2.07. The number of benzene rings is 1. The van der Waals surface area contributed by atoms with E-state index in [1.165, 1.54) is 0 Å². The van der Waals surface area contributed by atoms with Gasteiger partial charge in [-0.3, -0.25) is 4.98 Å². The molecular formula is C14H13Cl2NO. The Morgan fingerprint density at radius 2 is 1.94 bits per heavy atom. The van der Waals surface area contributed by atoms with Crippen molar-refractivity contribution in [2.24, 2.45) is 0 Å². The molecule has 2 aromatic rings. The highest BCUT2D eigenvalue weighted by molar-refractivity contribution is 6.30. The lowest BCUT2D eigenvalue weighted by Gasteiger charge is -2.12. The van der Waals surface area contributed by atoms with E-state index in [0.29, 0.717) is 10.9 Å². The molecule has 0 fully saturated rings. The average Bonchev–Trinajstić information content (AvgIpc) is 2.33. The third kappa shape index (κ3) is 2.95. The molecule has 94 valence electrons. The minimum Gasteiger partial charge on any atom is -0.457 e. The van der Waals surface area contributed by atoms with Crippen LogP contribution in [0.25, 0.3) is 0 Å². The molecule has 0 aliphatic carbocycles. The Hall–Kier alpha value is -1.25. The van der Waals surface area contributed by atoms with Crippen LogP contribution in [0.1, 0.15) is 16.8 Å². The summed E-state index contributed by atoms with van der Waals surface area (Å²) in [5.74, 6) is 1.88. The molecule has 0 radical (unpaired) electrons. The first-order chi connectivity index (χ1) is 8.60. The van der Waals surface area contributed by atoms with Gasteiger partial charge in [0.05, 0.1) is 5.88 Å². The van der Waals surface area contributed by atoms with Gasteiger partial charge in [0.2, 0.25) is 0 Å². The van der Waals surface area contributed by atoms with Gasteiger partial charge in [0.25, 0.3) is 0 Å². The summed E-state index contributed by atoms with van der Waals surface area (Å²) < 4.78 is 5.88. The third-order valence-corrected chi connectivity index (χ3v) is 3.10. The Kier molecular flexibility index (Phi) is 4.10. The Labute approximate surface area is 117 Å². The van der Waals surface area contributed by atoms with Crippen LogP contribution in [0.4, 0.5) is 0 Å². The summed E-state index contributed by atoms with van der Waals surface area (Å²) in [6, 6.07) is 7.40. The maximum Gasteiger partial charge on any atom is 0.135 e. The van der Waals surface area contributed by atoms with E-state index < -0.39 is 0 Å². The van der Waals surface area contributed by atoms with Gasteiger partial charge in [-0.25, -0.2) is 0 Å². The van der Waals surface area contributed by atoms with Crippen LogP contribution in [0.15, 0.2) is 30.5 Å². The largest absolute Gasteiger partial charge is 0.457 e. The minimum absolute atomic E-state index is 0.370. The van der Waals surface area contributed by atoms with E-state index in [-0.39, 0.29) is 0 Å². The number of alkyl halides is 1. The van der Waals surface area contributed by atoms with Gasteiger partial charge in [-0.15, -0.1) is 11.6 Å². The van der Waals surface area contributed by atoms with Crippen molar-refractivity contribution in [1.82, 2.24) is 4.98 Å². The normalized spacial score (nSPS) is 10.4. The fourth-order valence-electron chi connectivity index (χ4n) is 1.60. The smallest absolute Gasteiger partial charge is 0.135 e. The predicted molar refractivity (Wildman–Crippen MR) is 74.8 cm³/mol. The number of nitrogens with zero attached hydrogens (tertiary/aromatic N) is 1. The Morgan fingerprint density at radius 1 is 1.17 bits per heavy atom. The monoisotopic (exact) mass is 281 g/mol. The van der Waals surface area contributed by atoms with Crippen molar-refractivity contribution in [1.29, 1.82) is 0 Å². The predicted octanol–water partition coefficient (Wildman–Crippen LogP) is 4.88. The van der Waals surface area contributed by atoms with E-state index in [1.807, 2.05) is 32.0 Å². The van der Waals surface area contributed by atoms with Crippen LogP contribution in [-0.2, 0) is 5.88 Å². The first-order valence-electron chi connectivity index (χ1n) is 5.55. The molecule has 0 amide bonds. The zero-order valence-corrected chi connectivity index (χ0v) is 11.7. The molecule has 2 nitrogen and oxygen atoms in total. The Morgan fingerprint density at radius 3 is 2.61 bits per heavy atom. The lowest BCUT2D eigenvalue weighted by atomic mass is 10.2. The molecule has 4 heteroatoms. The molecule has 0 saturated heterocycles. The molecule has 1 aromatic heterocycles. The van der Waals surface area contributed by atoms with Gasteiger partial charge >= 0.3 is 0 Å². The van der Waals surface area contributed by atoms with Crippen molar-refractivity contribution in [2.75, 3.05) is 0 Å². The molecule has 0 bridgehead atoms. The van der Waals surface area contributed by atoms with Crippen molar-refractivity contribution < 1.29 is 4.74 Å². The fraction of sp³-hybridized carbons (Fsp3) is 0.214. The number of rotatable bonds is 3. The van der Waals surface area contributed by atoms with Gasteiger partial charge in [0.1, 0.15) is 11.5 Å². The maximum absolute atomic E-state index is 5.92. The summed E-state index contributed by atoms with van der Waals surface area (Å²) in [4.78, 5) is 4.20. The van der Waals surface area contributed by atoms with Crippen LogP contribution < -0.4 is 4.74 Å². The van der Waals surface area contributed by atoms with Gasteiger partial charge in [0.15, 0.2) is 0 Å². The van der Waals surface area contributed by atoms with Gasteiger partial charge in [0, 0.05) is 28.5 Å². The molecule has 2 rings (SSSR count). The fourth-order valence-corrected chi connectivity index (χ4v) is 2.03. The highest BCUT2D eigenvalue weighted by atomic mass is 35.5. The van der Waals surface area contributed by atoms with Gasteiger partial charge in [-0.2, -0.15) is 0 Å². The van der Waals surface area contributed by atoms with Crippen LogP contribution >= 0.6 is 23.2 Å². The summed E-state index contributed by atoms with van der Waals surface area (Å²) in [5.41, 5.74) is 2.75. The number of aromatic nitrogens is 1. The number of aryl methyl sites for hydroxylation is 2. The van der Waals surface area contributed by atoms with Crippen molar-refractivity contribution in [3.8, 4) is 11.5 Å². The molecular weight excluding hydrogens is 269 g/mol. The second kappa shape index (κ2) is 5.59. The Balaban J connectivity index is 2.36. The van der Waals surface area contributed by atoms with Gasteiger partial charge in [-0.1, -0.05) is 11.6 Å². The number of pyridine rings is 1. The van der Waals surface area contributed by atoms with Crippen LogP contribution in [0, 0.1) is 13.8 Å². The van der Waals surface area contributed by atoms with E-state index in [2.05, 4.69) is 4.98 Å². The molecule has 0 saturated carbocycles. The van der Waals surface area contributed by atoms with E-state index in [0.717, 1.165) is 28.3 Å². The van der Waals surface area contributed by atoms with Crippen molar-refractivity contribution in [2.45, 2.75) is 19.7 Å². The van der Waals surface area contributed by atoms with Crippen molar-refractivity contribution in [3.63, 3.8) is 0 Å². The third-order valence-electron chi connectivity index (χ3n) is 2.58. The first-order valence-corrected chi connectivity index (χ1v) is 6.47. The molecule has 1 aromatic carbocycles. The standard InChI is InChI=1S/C14H13Cl2NO/c1-9-5-12(16)3-4-13(9)18-14-6-10(2)17-8-11(14)7-15/h3-6,8H,7H2,1-2H3. The quantitative estimate of drug-likeness (QED) is 0.748. The van der Waals surface area contributed by atoms with Gasteiger partial charge < -0.3 is 4.74 Å². The van der Waals surface area contributed by atoms with Crippen LogP contribution in [0.5, 0.6) is 11.5 Å². The van der Waals surface area contributed by atoms with E-state index in [1.54, 1.807) is 12.3 Å². The van der Waals surface area contributed by atoms with Crippen molar-refractivity contribution in [3.05, 3.63) is 52.3 Å². The summed E-state index contributed by atoms with van der Waals surface area (Å²) >= 11 is 11.8. The first kappa shape index (κ1) is 13.2. The van der Waals surface area contributed by atoms with Crippen LogP contribution in [0.3, 0.4) is 0 Å². The SMILES string of the molecule is Cc1cc(Oc2ccc(Cl)cc2C)c(CCl)cn1. The minimum atomic E-state index is 0.370. The zero-order chi connectivity index (χ0) is 13.1. The molecule has 0 aliphatic rings. The Bertz CT molecular complexity index is 570. The molecule has 0 N–H and O–H groups in total. The number of hydrogen-bond acceptors (Lipinski definition) is 2. The molecule has 1 heterocycles. The van der Waals surface area contributed by atoms with E-state index in [4.69, 9.17) is 27.9 Å². The second-order valence-electron chi connectivity index (χ2n) is 4.08. The summed E-state index contributed by atoms with van der Waals surface area (Å²) in [5, 5.41) is 0.698. The second-order valence-corrected chi connectivity index (χ2v) is 4.78. The summed E-state index contributed by atoms with van der Waals surface area (Å²) in [6.45, 7) is 3.87. The van der Waals surface area contributed by atoms with E-state index >= 15 is 0 Å². The zero-order valence-electron chi connectivity index (χ0n) is 10.2. The van der Waals surface area contributed by atoms with E-state index in [9.17, 15) is 0 Å². The maximum atomic E-state index is 5.92. The molecule has 0 atom stereocenters. The summed E-state index contributed by atoms with van der Waals surface area (Å²) in [7, 11) is 0. The molecule has 0 aliphatic heterocycles. The number of ether oxygens (including phenoxy) is 1. The molecule has 0 unspecified atom stereocenters. The number of halogens is 2. The summed E-state index contributed by atoms with van der Waals surface area (Å²) in [6.07, 6.45) is 1.74. The lowest BCUT2D eigenvalue weighted by molar-refractivity contribution is 0.473. The van der Waals surface area contributed by atoms with Crippen LogP contribution in [-0.4, -0.2) is 4.98 Å².